The molecule has 2 aromatic carbocycles. The molecule has 0 saturated carbocycles. The van der Waals surface area contributed by atoms with Gasteiger partial charge in [0.2, 0.25) is 0 Å². The number of ketones is 2. The van der Waals surface area contributed by atoms with Gasteiger partial charge in [-0.1, -0.05) is 0 Å². The molecule has 4 N–H and O–H groups in total. The number of benzene rings is 2. The van der Waals surface area contributed by atoms with Gasteiger partial charge in [-0.25, -0.2) is 9.59 Å². The number of carboxylic acids is 2. The van der Waals surface area contributed by atoms with Crippen molar-refractivity contribution in [3.05, 3.63) is 59.7 Å². The fourth-order valence-corrected chi connectivity index (χ4v) is 1.95. The highest BCUT2D eigenvalue weighted by Gasteiger charge is 2.05. The number of halogens is 2. The maximum absolute atomic E-state index is 11.0. The number of alkyl halides is 2. The topological polar surface area (TPSA) is 168 Å². The first-order valence-electron chi connectivity index (χ1n) is 8.97. The first kappa shape index (κ1) is 29.8. The molecule has 180 valence electrons. The summed E-state index contributed by atoms with van der Waals surface area (Å²) >= 11 is 9.53. The number of rotatable bonds is 10. The average Bonchev–Trinajstić information content (AvgIpc) is 2.82. The predicted molar refractivity (Wildman–Crippen MR) is 119 cm³/mol. The van der Waals surface area contributed by atoms with E-state index in [9.17, 15) is 19.2 Å². The summed E-state index contributed by atoms with van der Waals surface area (Å²) in [6.45, 7) is -1.94. The summed E-state index contributed by atoms with van der Waals surface area (Å²) in [5.41, 5.74) is 0.723. The third-order valence-electron chi connectivity index (χ3n) is 3.36. The van der Waals surface area contributed by atoms with Crippen LogP contribution >= 0.6 is 23.2 Å². The van der Waals surface area contributed by atoms with Crippen LogP contribution in [0, 0.1) is 0 Å². The van der Waals surface area contributed by atoms with E-state index in [1.54, 1.807) is 0 Å². The van der Waals surface area contributed by atoms with E-state index >= 15 is 0 Å². The van der Waals surface area contributed by atoms with Gasteiger partial charge in [0.05, 0.1) is 5.34 Å². The summed E-state index contributed by atoms with van der Waals surface area (Å²) in [7, 11) is 0. The van der Waals surface area contributed by atoms with Gasteiger partial charge >= 0.3 is 11.9 Å². The normalized spacial score (nSPS) is 9.33. The van der Waals surface area contributed by atoms with Crippen molar-refractivity contribution in [2.24, 2.45) is 0 Å². The quantitative estimate of drug-likeness (QED) is 0.277. The first-order valence-corrected chi connectivity index (χ1v) is 10.0. The third-order valence-corrected chi connectivity index (χ3v) is 3.36. The van der Waals surface area contributed by atoms with Crippen molar-refractivity contribution >= 4 is 46.7 Å². The number of hydrogen-bond donors (Lipinski definition) is 4. The summed E-state index contributed by atoms with van der Waals surface area (Å²) in [6, 6.07) is 11.8. The van der Waals surface area contributed by atoms with Gasteiger partial charge in [0.1, 0.15) is 24.7 Å². The second-order valence-electron chi connectivity index (χ2n) is 5.68. The van der Waals surface area contributed by atoms with Gasteiger partial charge in [-0.15, -0.1) is 23.2 Å². The maximum atomic E-state index is 11.0. The van der Waals surface area contributed by atoms with Crippen molar-refractivity contribution in [2.45, 2.75) is 0 Å². The van der Waals surface area contributed by atoms with Crippen LogP contribution in [0.25, 0.3) is 0 Å². The van der Waals surface area contributed by atoms with E-state index < -0.39 is 38.4 Å². The molecule has 0 aliphatic rings. The Balaban J connectivity index is 0.000000555. The zero-order valence-electron chi connectivity index (χ0n) is 17.1. The lowest BCUT2D eigenvalue weighted by Gasteiger charge is -2.03. The van der Waals surface area contributed by atoms with Gasteiger partial charge in [-0.2, -0.15) is 0 Å². The van der Waals surface area contributed by atoms with Crippen LogP contribution in [0.1, 0.15) is 20.7 Å². The van der Waals surface area contributed by atoms with Crippen molar-refractivity contribution in [2.75, 3.05) is 31.8 Å². The van der Waals surface area contributed by atoms with Gasteiger partial charge < -0.3 is 29.9 Å². The van der Waals surface area contributed by atoms with Crippen molar-refractivity contribution in [3.63, 3.8) is 0 Å². The van der Waals surface area contributed by atoms with Crippen molar-refractivity contribution in [3.8, 4) is 11.5 Å². The molecule has 0 unspecified atom stereocenters. The van der Waals surface area contributed by atoms with Gasteiger partial charge in [0, 0.05) is 11.1 Å². The molecule has 0 atom stereocenters. The van der Waals surface area contributed by atoms with E-state index in [0.717, 1.165) is 0 Å². The minimum absolute atomic E-state index is 0.194. The lowest BCUT2D eigenvalue weighted by molar-refractivity contribution is -0.140. The van der Waals surface area contributed by atoms with E-state index in [0.29, 0.717) is 22.6 Å². The van der Waals surface area contributed by atoms with Crippen molar-refractivity contribution < 1.29 is 49.1 Å². The fourth-order valence-electron chi connectivity index (χ4n) is 1.95. The molecule has 0 aliphatic carbocycles. The monoisotopic (exact) mass is 504 g/mol. The van der Waals surface area contributed by atoms with Crippen molar-refractivity contribution in [1.29, 1.82) is 0 Å². The third kappa shape index (κ3) is 13.8. The Bertz CT molecular complexity index is 809. The molecule has 0 spiro atoms. The Hall–Kier alpha value is -3.18. The molecular formula is C21H22Cl2O10. The Morgan fingerprint density at radius 1 is 0.636 bits per heavy atom. The molecule has 12 heteroatoms. The van der Waals surface area contributed by atoms with E-state index in [2.05, 4.69) is 0 Å². The SMILES string of the molecule is ClCCl.O=C(O)COc1ccc(C(=O)CO)cc1.O=C(O)COc1ccc(C(=O)CO)cc1. The van der Waals surface area contributed by atoms with E-state index in [4.69, 9.17) is 53.1 Å². The second kappa shape index (κ2) is 17.4. The molecule has 33 heavy (non-hydrogen) atoms. The summed E-state index contributed by atoms with van der Waals surface area (Å²) in [4.78, 5) is 42.4. The van der Waals surface area contributed by atoms with Gasteiger partial charge in [-0.3, -0.25) is 9.59 Å². The largest absolute Gasteiger partial charge is 0.482 e. The molecule has 0 heterocycles. The molecule has 2 rings (SSSR count). The Morgan fingerprint density at radius 3 is 1.12 bits per heavy atom. The Labute approximate surface area is 198 Å². The number of carboxylic acid groups (broad SMARTS) is 2. The highest BCUT2D eigenvalue weighted by atomic mass is 35.5. The highest BCUT2D eigenvalue weighted by molar-refractivity contribution is 6.40. The highest BCUT2D eigenvalue weighted by Crippen LogP contribution is 2.13. The number of Topliss-reactive ketones (excluding diaryl/α,β-unsaturated/α-hetero) is 2. The maximum Gasteiger partial charge on any atom is 0.341 e. The van der Waals surface area contributed by atoms with Crippen LogP contribution in [0.3, 0.4) is 0 Å². The van der Waals surface area contributed by atoms with Gasteiger partial charge in [-0.05, 0) is 48.5 Å². The van der Waals surface area contributed by atoms with Crippen LogP contribution in [0.5, 0.6) is 11.5 Å². The Morgan fingerprint density at radius 2 is 0.909 bits per heavy atom. The predicted octanol–water partition coefficient (Wildman–Crippen LogP) is 2.07. The number of ether oxygens (including phenoxy) is 2. The first-order chi connectivity index (χ1) is 15.7. The number of hydrogen-bond acceptors (Lipinski definition) is 8. The summed E-state index contributed by atoms with van der Waals surface area (Å²) < 4.78 is 9.72. The summed E-state index contributed by atoms with van der Waals surface area (Å²) in [5.74, 6) is -2.17. The van der Waals surface area contributed by atoms with Crippen LogP contribution in [0.15, 0.2) is 48.5 Å². The molecule has 0 radical (unpaired) electrons. The molecule has 10 nitrogen and oxygen atoms in total. The lowest BCUT2D eigenvalue weighted by atomic mass is 10.1. The minimum Gasteiger partial charge on any atom is -0.482 e. The number of aliphatic hydroxyl groups excluding tert-OH is 2. The lowest BCUT2D eigenvalue weighted by Crippen LogP contribution is -2.09. The van der Waals surface area contributed by atoms with Crippen LogP contribution in [-0.2, 0) is 9.59 Å². The van der Waals surface area contributed by atoms with Crippen LogP contribution in [0.2, 0.25) is 0 Å². The van der Waals surface area contributed by atoms with Crippen molar-refractivity contribution in [1.82, 2.24) is 0 Å². The summed E-state index contributed by atoms with van der Waals surface area (Å²) in [5, 5.41) is 34.0. The number of carbonyl (C=O) groups excluding carboxylic acids is 2. The average molecular weight is 505 g/mol. The minimum atomic E-state index is -1.06. The summed E-state index contributed by atoms with van der Waals surface area (Å²) in [6.07, 6.45) is 0. The molecule has 0 amide bonds. The van der Waals surface area contributed by atoms with E-state index in [1.807, 2.05) is 0 Å². The number of aliphatic hydroxyl groups is 2. The van der Waals surface area contributed by atoms with Crippen LogP contribution < -0.4 is 9.47 Å². The standard InChI is InChI=1S/2C10H10O5.CH2Cl2/c2*11-5-9(12)7-1-3-8(4-2-7)15-6-10(13)14;2-1-3/h2*1-4,11H,5-6H2,(H,13,14);1H2. The molecular weight excluding hydrogens is 483 g/mol. The van der Waals surface area contributed by atoms with Crippen LogP contribution in [-0.4, -0.2) is 75.7 Å². The Kier molecular flexibility index (Phi) is 15.7. The number of carbonyl (C=O) groups is 4. The zero-order valence-corrected chi connectivity index (χ0v) is 18.7. The molecule has 0 bridgehead atoms. The van der Waals surface area contributed by atoms with Gasteiger partial charge in [0.25, 0.3) is 0 Å². The zero-order chi connectivity index (χ0) is 25.2. The van der Waals surface area contributed by atoms with E-state index in [-0.39, 0.29) is 16.9 Å². The van der Waals surface area contributed by atoms with E-state index in [1.165, 1.54) is 48.5 Å². The van der Waals surface area contributed by atoms with Crippen LogP contribution in [0.4, 0.5) is 0 Å². The molecule has 2 aromatic rings. The molecule has 0 saturated heterocycles. The smallest absolute Gasteiger partial charge is 0.341 e. The fraction of sp³-hybridized carbons (Fsp3) is 0.238. The molecule has 0 aromatic heterocycles. The number of aliphatic carboxylic acids is 2. The second-order valence-corrected chi connectivity index (χ2v) is 6.49. The van der Waals surface area contributed by atoms with Gasteiger partial charge in [0.15, 0.2) is 24.8 Å². The molecule has 0 aliphatic heterocycles. The molecule has 0 fully saturated rings.